The average Bonchev–Trinajstić information content (AvgIpc) is 2.97. The minimum atomic E-state index is -1.83. The molecule has 0 saturated carbocycles. The molecule has 10 N–H and O–H groups in total. The minimum Gasteiger partial charge on any atom is -0.507 e. The van der Waals surface area contributed by atoms with Gasteiger partial charge in [-0.05, 0) is 25.1 Å². The quantitative estimate of drug-likeness (QED) is 0.135. The summed E-state index contributed by atoms with van der Waals surface area (Å²) in [6, 6.07) is 5.42. The van der Waals surface area contributed by atoms with Crippen LogP contribution >= 0.6 is 0 Å². The number of hydrogen-bond donors (Lipinski definition) is 10. The van der Waals surface area contributed by atoms with Crippen LogP contribution in [0.25, 0.3) is 22.3 Å². The van der Waals surface area contributed by atoms with Crippen LogP contribution in [0.5, 0.6) is 28.7 Å². The Morgan fingerprint density at radius 2 is 1.40 bits per heavy atom. The van der Waals surface area contributed by atoms with Crippen molar-refractivity contribution < 1.29 is 74.4 Å². The summed E-state index contributed by atoms with van der Waals surface area (Å²) >= 11 is 0. The highest BCUT2D eigenvalue weighted by molar-refractivity contribution is 5.88. The lowest BCUT2D eigenvalue weighted by atomic mass is 9.99. The molecule has 1 aromatic heterocycles. The van der Waals surface area contributed by atoms with Crippen LogP contribution in [-0.4, -0.2) is 119 Å². The van der Waals surface area contributed by atoms with Gasteiger partial charge in [-0.1, -0.05) is 0 Å². The molecule has 3 heterocycles. The lowest BCUT2D eigenvalue weighted by molar-refractivity contribution is -0.277. The van der Waals surface area contributed by atoms with Gasteiger partial charge in [-0.25, -0.2) is 0 Å². The van der Waals surface area contributed by atoms with Crippen molar-refractivity contribution in [2.24, 2.45) is 0 Å². The van der Waals surface area contributed by atoms with E-state index in [1.54, 1.807) is 0 Å². The van der Waals surface area contributed by atoms with Gasteiger partial charge in [0.15, 0.2) is 17.3 Å². The summed E-state index contributed by atoms with van der Waals surface area (Å²) < 4.78 is 27.8. The molecule has 2 fully saturated rings. The van der Waals surface area contributed by atoms with Crippen LogP contribution in [-0.2, 0) is 9.47 Å². The van der Waals surface area contributed by atoms with E-state index in [0.717, 1.165) is 24.3 Å². The van der Waals surface area contributed by atoms with Crippen LogP contribution in [0, 0.1) is 0 Å². The highest BCUT2D eigenvalue weighted by atomic mass is 16.7. The molecule has 2 aliphatic heterocycles. The Morgan fingerprint density at radius 3 is 2.05 bits per heavy atom. The van der Waals surface area contributed by atoms with Gasteiger partial charge < -0.3 is 74.4 Å². The Hall–Kier alpha value is -3.71. The Bertz CT molecular complexity index is 1540. The van der Waals surface area contributed by atoms with Crippen molar-refractivity contribution in [3.05, 3.63) is 40.6 Å². The van der Waals surface area contributed by atoms with Gasteiger partial charge in [-0.3, -0.25) is 4.79 Å². The Balaban J connectivity index is 1.60. The van der Waals surface area contributed by atoms with E-state index >= 15 is 0 Å². The Kier molecular flexibility index (Phi) is 8.41. The summed E-state index contributed by atoms with van der Waals surface area (Å²) in [5.74, 6) is -3.10. The van der Waals surface area contributed by atoms with E-state index in [4.69, 9.17) is 23.4 Å². The van der Waals surface area contributed by atoms with Crippen LogP contribution in [0.4, 0.5) is 0 Å². The number of hydrogen-bond acceptors (Lipinski definition) is 16. The molecule has 10 atom stereocenters. The normalized spacial score (nSPS) is 32.9. The molecule has 16 heteroatoms. The zero-order valence-electron chi connectivity index (χ0n) is 22.3. The Morgan fingerprint density at radius 1 is 0.744 bits per heavy atom. The van der Waals surface area contributed by atoms with Gasteiger partial charge in [0.25, 0.3) is 0 Å². The number of phenolic OH excluding ortho intramolecular Hbond substituents is 3. The smallest absolute Gasteiger partial charge is 0.239 e. The maximum Gasteiger partial charge on any atom is 0.239 e. The molecule has 43 heavy (non-hydrogen) atoms. The Labute approximate surface area is 241 Å². The second-order valence-electron chi connectivity index (χ2n) is 10.2. The number of ether oxygens (including phenoxy) is 4. The van der Waals surface area contributed by atoms with Crippen molar-refractivity contribution in [2.45, 2.75) is 68.3 Å². The first kappa shape index (κ1) is 30.7. The third-order valence-electron chi connectivity index (χ3n) is 7.29. The van der Waals surface area contributed by atoms with E-state index in [1.807, 2.05) is 0 Å². The predicted octanol–water partition coefficient (Wildman–Crippen LogP) is -2.04. The summed E-state index contributed by atoms with van der Waals surface area (Å²) in [7, 11) is 0. The number of fused-ring (bicyclic) bond motifs is 1. The molecule has 234 valence electrons. The molecular formula is C27H30O16. The average molecular weight is 611 g/mol. The standard InChI is InChI=1S/C27H30O16/c1-8-17(32)20(35)22(37)26(39-8)43-25-19(34)16-13(31)5-10(40-27-23(38)21(36)18(33)15(7-28)42-27)6-14(16)41-24(25)9-2-3-11(29)12(30)4-9/h2-6,8,15,17-18,20-23,26-33,35-38H,7H2,1H3/t8?,15?,17-,18+,20?,21-,22-,23?,26-,27+/m0/s1. The molecule has 0 radical (unpaired) electrons. The van der Waals surface area contributed by atoms with E-state index in [1.165, 1.54) is 13.0 Å². The van der Waals surface area contributed by atoms with Gasteiger partial charge in [0, 0.05) is 17.7 Å². The SMILES string of the molecule is CC1O[C@@H](Oc2c(-c3ccc(O)c(O)c3)oc3cc(O[C@@H]4OC(CO)[C@@H](O)[C@H](O)C4O)cc(O)c3c2=O)[C@@H](O)C(O)[C@H]1O. The second-order valence-corrected chi connectivity index (χ2v) is 10.2. The molecule has 3 aromatic rings. The van der Waals surface area contributed by atoms with E-state index < -0.39 is 102 Å². The second kappa shape index (κ2) is 11.8. The fourth-order valence-corrected chi connectivity index (χ4v) is 4.81. The maximum absolute atomic E-state index is 13.7. The third kappa shape index (κ3) is 5.55. The largest absolute Gasteiger partial charge is 0.507 e. The molecule has 0 amide bonds. The van der Waals surface area contributed by atoms with E-state index in [2.05, 4.69) is 0 Å². The van der Waals surface area contributed by atoms with Gasteiger partial charge >= 0.3 is 0 Å². The highest BCUT2D eigenvalue weighted by Crippen LogP contribution is 2.40. The summed E-state index contributed by atoms with van der Waals surface area (Å²) in [6.45, 7) is 0.670. The first-order valence-electron chi connectivity index (χ1n) is 13.0. The van der Waals surface area contributed by atoms with Crippen molar-refractivity contribution in [1.82, 2.24) is 0 Å². The van der Waals surface area contributed by atoms with Gasteiger partial charge in [0.05, 0.1) is 12.7 Å². The molecule has 0 aliphatic carbocycles. The molecule has 4 unspecified atom stereocenters. The molecule has 0 spiro atoms. The van der Waals surface area contributed by atoms with E-state index in [-0.39, 0.29) is 22.7 Å². The summed E-state index contributed by atoms with van der Waals surface area (Å²) in [6.07, 6.45) is -15.9. The van der Waals surface area contributed by atoms with E-state index in [9.17, 15) is 55.9 Å². The molecule has 5 rings (SSSR count). The zero-order valence-corrected chi connectivity index (χ0v) is 22.3. The first-order valence-corrected chi connectivity index (χ1v) is 13.0. The van der Waals surface area contributed by atoms with Gasteiger partial charge in [0.2, 0.25) is 23.8 Å². The monoisotopic (exact) mass is 610 g/mol. The fraction of sp³-hybridized carbons (Fsp3) is 0.444. The number of benzene rings is 2. The number of aliphatic hydroxyl groups is 7. The van der Waals surface area contributed by atoms with E-state index in [0.29, 0.717) is 0 Å². The summed E-state index contributed by atoms with van der Waals surface area (Å²) in [4.78, 5) is 13.7. The van der Waals surface area contributed by atoms with Crippen molar-refractivity contribution >= 4 is 11.0 Å². The molecule has 2 aliphatic rings. The molecule has 16 nitrogen and oxygen atoms in total. The highest BCUT2D eigenvalue weighted by Gasteiger charge is 2.45. The van der Waals surface area contributed by atoms with Gasteiger partial charge in [0.1, 0.15) is 65.2 Å². The van der Waals surface area contributed by atoms with Crippen LogP contribution in [0.3, 0.4) is 0 Å². The molecule has 0 bridgehead atoms. The molecule has 2 aromatic carbocycles. The van der Waals surface area contributed by atoms with Crippen molar-refractivity contribution in [3.63, 3.8) is 0 Å². The fourth-order valence-electron chi connectivity index (χ4n) is 4.81. The summed E-state index contributed by atoms with van der Waals surface area (Å²) in [5, 5.41) is 101. The van der Waals surface area contributed by atoms with Crippen molar-refractivity contribution in [2.75, 3.05) is 6.61 Å². The third-order valence-corrected chi connectivity index (χ3v) is 7.29. The number of aromatic hydroxyl groups is 3. The lowest BCUT2D eigenvalue weighted by Crippen LogP contribution is -2.60. The maximum atomic E-state index is 13.7. The molecular weight excluding hydrogens is 580 g/mol. The number of rotatable bonds is 6. The van der Waals surface area contributed by atoms with Crippen LogP contribution in [0.15, 0.2) is 39.5 Å². The predicted molar refractivity (Wildman–Crippen MR) is 140 cm³/mol. The number of aliphatic hydroxyl groups excluding tert-OH is 7. The van der Waals surface area contributed by atoms with Gasteiger partial charge in [-0.2, -0.15) is 0 Å². The molecule has 2 saturated heterocycles. The van der Waals surface area contributed by atoms with Crippen molar-refractivity contribution in [1.29, 1.82) is 0 Å². The van der Waals surface area contributed by atoms with Crippen LogP contribution in [0.2, 0.25) is 0 Å². The lowest BCUT2D eigenvalue weighted by Gasteiger charge is -2.39. The topological polar surface area (TPSA) is 269 Å². The summed E-state index contributed by atoms with van der Waals surface area (Å²) in [5.41, 5.74) is -1.36. The van der Waals surface area contributed by atoms with Crippen LogP contribution in [0.1, 0.15) is 6.92 Å². The number of phenols is 3. The minimum absolute atomic E-state index is 0.0250. The van der Waals surface area contributed by atoms with Gasteiger partial charge in [-0.15, -0.1) is 0 Å². The zero-order chi connectivity index (χ0) is 31.3. The first-order chi connectivity index (χ1) is 20.3. The van der Waals surface area contributed by atoms with Crippen molar-refractivity contribution in [3.8, 4) is 40.1 Å². The van der Waals surface area contributed by atoms with Crippen LogP contribution < -0.4 is 14.9 Å².